The number of carbonyl (C=O) groups excluding carboxylic acids is 2. The van der Waals surface area contributed by atoms with Crippen molar-refractivity contribution in [3.8, 4) is 11.3 Å². The van der Waals surface area contributed by atoms with Gasteiger partial charge in [-0.05, 0) is 54.9 Å². The van der Waals surface area contributed by atoms with E-state index in [4.69, 9.17) is 4.42 Å². The zero-order chi connectivity index (χ0) is 24.6. The molecule has 1 aliphatic heterocycles. The predicted molar refractivity (Wildman–Crippen MR) is 125 cm³/mol. The summed E-state index contributed by atoms with van der Waals surface area (Å²) in [5.74, 6) is 0.201. The Hall–Kier alpha value is -4.25. The predicted octanol–water partition coefficient (Wildman–Crippen LogP) is 5.62. The second-order valence-corrected chi connectivity index (χ2v) is 8.58. The summed E-state index contributed by atoms with van der Waals surface area (Å²) >= 11 is 0.761. The first-order valence-corrected chi connectivity index (χ1v) is 10.8. The SMILES string of the molecule is Cc1cc(-c2ccc(/C=C3\SC(=O)N(Cc4ccc([N+](=O)[O-])cc4)C3=O)o2)cc([N+](=O)[O-])c1C. The molecule has 11 heteroatoms. The second kappa shape index (κ2) is 8.94. The largest absolute Gasteiger partial charge is 0.457 e. The van der Waals surface area contributed by atoms with Gasteiger partial charge >= 0.3 is 0 Å². The Balaban J connectivity index is 1.54. The summed E-state index contributed by atoms with van der Waals surface area (Å²) in [4.78, 5) is 47.5. The molecule has 172 valence electrons. The normalized spacial score (nSPS) is 14.8. The minimum Gasteiger partial charge on any atom is -0.457 e. The summed E-state index contributed by atoms with van der Waals surface area (Å²) < 4.78 is 5.78. The first kappa shape index (κ1) is 22.9. The summed E-state index contributed by atoms with van der Waals surface area (Å²) in [5.41, 5.74) is 2.32. The quantitative estimate of drug-likeness (QED) is 0.252. The molecule has 0 radical (unpaired) electrons. The van der Waals surface area contributed by atoms with Gasteiger partial charge in [0.25, 0.3) is 22.5 Å². The molecule has 0 aliphatic carbocycles. The number of nitro benzene ring substituents is 2. The number of rotatable bonds is 6. The number of imide groups is 1. The third-order valence-corrected chi connectivity index (χ3v) is 6.29. The minimum atomic E-state index is -0.527. The number of aryl methyl sites for hydroxylation is 1. The maximum atomic E-state index is 12.8. The van der Waals surface area contributed by atoms with E-state index in [1.165, 1.54) is 36.4 Å². The average Bonchev–Trinajstić information content (AvgIpc) is 3.36. The topological polar surface area (TPSA) is 137 Å². The molecular weight excluding hydrogens is 462 g/mol. The van der Waals surface area contributed by atoms with Crippen molar-refractivity contribution in [1.82, 2.24) is 4.90 Å². The highest BCUT2D eigenvalue weighted by atomic mass is 32.2. The molecule has 1 aliphatic rings. The second-order valence-electron chi connectivity index (χ2n) is 7.59. The molecule has 10 nitrogen and oxygen atoms in total. The van der Waals surface area contributed by atoms with Crippen LogP contribution in [0.4, 0.5) is 16.2 Å². The molecule has 2 aromatic carbocycles. The fraction of sp³-hybridized carbons (Fsp3) is 0.130. The van der Waals surface area contributed by atoms with Gasteiger partial charge < -0.3 is 4.42 Å². The molecule has 1 aromatic heterocycles. The lowest BCUT2D eigenvalue weighted by Crippen LogP contribution is -2.27. The van der Waals surface area contributed by atoms with Crippen molar-refractivity contribution in [3.63, 3.8) is 0 Å². The summed E-state index contributed by atoms with van der Waals surface area (Å²) in [7, 11) is 0. The van der Waals surface area contributed by atoms with E-state index in [-0.39, 0.29) is 22.8 Å². The molecule has 0 bridgehead atoms. The summed E-state index contributed by atoms with van der Waals surface area (Å²) in [6, 6.07) is 12.1. The lowest BCUT2D eigenvalue weighted by Gasteiger charge is -2.12. The number of nitrogens with zero attached hydrogens (tertiary/aromatic N) is 3. The minimum absolute atomic E-state index is 0.0136. The molecular formula is C23H17N3O7S. The number of non-ortho nitro benzene ring substituents is 1. The number of furan rings is 1. The Morgan fingerprint density at radius 3 is 2.35 bits per heavy atom. The summed E-state index contributed by atoms with van der Waals surface area (Å²) in [6.07, 6.45) is 1.44. The van der Waals surface area contributed by atoms with Gasteiger partial charge in [-0.25, -0.2) is 0 Å². The van der Waals surface area contributed by atoms with Gasteiger partial charge in [-0.15, -0.1) is 0 Å². The van der Waals surface area contributed by atoms with Crippen molar-refractivity contribution < 1.29 is 23.9 Å². The fourth-order valence-corrected chi connectivity index (χ4v) is 4.25. The first-order valence-electron chi connectivity index (χ1n) is 9.98. The maximum Gasteiger partial charge on any atom is 0.293 e. The van der Waals surface area contributed by atoms with Gasteiger partial charge in [-0.3, -0.25) is 34.7 Å². The third kappa shape index (κ3) is 4.46. The first-order chi connectivity index (χ1) is 16.1. The van der Waals surface area contributed by atoms with E-state index < -0.39 is 21.0 Å². The Labute approximate surface area is 197 Å². The highest BCUT2D eigenvalue weighted by Crippen LogP contribution is 2.35. The van der Waals surface area contributed by atoms with Gasteiger partial charge in [-0.1, -0.05) is 12.1 Å². The Bertz CT molecular complexity index is 1380. The smallest absolute Gasteiger partial charge is 0.293 e. The number of benzene rings is 2. The van der Waals surface area contributed by atoms with Crippen molar-refractivity contribution in [1.29, 1.82) is 0 Å². The van der Waals surface area contributed by atoms with Crippen molar-refractivity contribution in [3.05, 3.63) is 96.1 Å². The zero-order valence-corrected chi connectivity index (χ0v) is 18.8. The molecule has 1 saturated heterocycles. The number of carbonyl (C=O) groups is 2. The van der Waals surface area contributed by atoms with Crippen LogP contribution in [0.1, 0.15) is 22.5 Å². The Kier molecular flexibility index (Phi) is 6.03. The lowest BCUT2D eigenvalue weighted by molar-refractivity contribution is -0.385. The van der Waals surface area contributed by atoms with Crippen LogP contribution in [-0.2, 0) is 11.3 Å². The number of amides is 2. The van der Waals surface area contributed by atoms with Crippen molar-refractivity contribution in [2.24, 2.45) is 0 Å². The zero-order valence-electron chi connectivity index (χ0n) is 18.0. The van der Waals surface area contributed by atoms with Crippen LogP contribution < -0.4 is 0 Å². The van der Waals surface area contributed by atoms with Crippen LogP contribution in [0.5, 0.6) is 0 Å². The molecule has 34 heavy (non-hydrogen) atoms. The van der Waals surface area contributed by atoms with Crippen LogP contribution in [0.15, 0.2) is 57.9 Å². The van der Waals surface area contributed by atoms with Gasteiger partial charge in [0.2, 0.25) is 0 Å². The van der Waals surface area contributed by atoms with Crippen molar-refractivity contribution >= 4 is 40.4 Å². The van der Waals surface area contributed by atoms with Gasteiger partial charge in [0.05, 0.1) is 21.3 Å². The van der Waals surface area contributed by atoms with Crippen LogP contribution in [0.2, 0.25) is 0 Å². The van der Waals surface area contributed by atoms with E-state index in [0.29, 0.717) is 28.2 Å². The number of hydrogen-bond donors (Lipinski definition) is 0. The molecule has 2 heterocycles. The van der Waals surface area contributed by atoms with E-state index in [2.05, 4.69) is 0 Å². The number of nitro groups is 2. The van der Waals surface area contributed by atoms with Crippen LogP contribution in [0, 0.1) is 34.1 Å². The van der Waals surface area contributed by atoms with Crippen LogP contribution in [0.25, 0.3) is 17.4 Å². The van der Waals surface area contributed by atoms with Gasteiger partial charge in [0, 0.05) is 35.4 Å². The van der Waals surface area contributed by atoms with Crippen molar-refractivity contribution in [2.75, 3.05) is 0 Å². The highest BCUT2D eigenvalue weighted by Gasteiger charge is 2.35. The maximum absolute atomic E-state index is 12.8. The number of thioether (sulfide) groups is 1. The average molecular weight is 479 g/mol. The van der Waals surface area contributed by atoms with Crippen LogP contribution in [0.3, 0.4) is 0 Å². The standard InChI is InChI=1S/C23H17N3O7S/c1-13-9-16(10-19(14(13)2)26(31)32)20-8-7-18(33-20)11-21-22(27)24(23(28)34-21)12-15-3-5-17(6-4-15)25(29)30/h3-11H,12H2,1-2H3/b21-11-. The fourth-order valence-electron chi connectivity index (χ4n) is 3.43. The van der Waals surface area contributed by atoms with E-state index in [9.17, 15) is 29.8 Å². The van der Waals surface area contributed by atoms with Crippen LogP contribution >= 0.6 is 11.8 Å². The lowest BCUT2D eigenvalue weighted by atomic mass is 10.0. The molecule has 0 spiro atoms. The highest BCUT2D eigenvalue weighted by molar-refractivity contribution is 8.18. The van der Waals surface area contributed by atoms with Crippen molar-refractivity contribution in [2.45, 2.75) is 20.4 Å². The van der Waals surface area contributed by atoms with Gasteiger partial charge in [0.15, 0.2) is 0 Å². The summed E-state index contributed by atoms with van der Waals surface area (Å²) in [6.45, 7) is 3.43. The molecule has 0 N–H and O–H groups in total. The Morgan fingerprint density at radius 2 is 1.71 bits per heavy atom. The van der Waals surface area contributed by atoms with E-state index in [0.717, 1.165) is 22.2 Å². The molecule has 0 unspecified atom stereocenters. The molecule has 4 rings (SSSR count). The monoisotopic (exact) mass is 479 g/mol. The van der Waals surface area contributed by atoms with Gasteiger partial charge in [-0.2, -0.15) is 0 Å². The molecule has 2 amide bonds. The third-order valence-electron chi connectivity index (χ3n) is 5.38. The van der Waals surface area contributed by atoms with Gasteiger partial charge in [0.1, 0.15) is 11.5 Å². The molecule has 0 saturated carbocycles. The van der Waals surface area contributed by atoms with E-state index >= 15 is 0 Å². The molecule has 1 fully saturated rings. The van der Waals surface area contributed by atoms with Crippen LogP contribution in [-0.4, -0.2) is 25.9 Å². The Morgan fingerprint density at radius 1 is 1.00 bits per heavy atom. The summed E-state index contributed by atoms with van der Waals surface area (Å²) in [5, 5.41) is 21.6. The van der Waals surface area contributed by atoms with E-state index in [1.807, 2.05) is 0 Å². The van der Waals surface area contributed by atoms with E-state index in [1.54, 1.807) is 32.0 Å². The molecule has 0 atom stereocenters. The number of hydrogen-bond acceptors (Lipinski definition) is 8. The molecule has 3 aromatic rings.